The lowest BCUT2D eigenvalue weighted by atomic mass is 10.1. The van der Waals surface area contributed by atoms with Gasteiger partial charge in [0.15, 0.2) is 0 Å². The lowest BCUT2D eigenvalue weighted by Crippen LogP contribution is -2.27. The first-order chi connectivity index (χ1) is 8.09. The molecule has 2 aromatic rings. The number of hydrogen-bond acceptors (Lipinski definition) is 1. The molecule has 0 unspecified atom stereocenters. The highest BCUT2D eigenvalue weighted by Crippen LogP contribution is 2.21. The number of fused-ring (bicyclic) bond motifs is 1. The summed E-state index contributed by atoms with van der Waals surface area (Å²) in [6.07, 6.45) is 0. The van der Waals surface area contributed by atoms with E-state index in [9.17, 15) is 4.79 Å². The zero-order chi connectivity index (χ0) is 12.4. The molecule has 2 N–H and O–H groups in total. The number of hydrogen-bond donors (Lipinski definition) is 2. The molecule has 1 heterocycles. The van der Waals surface area contributed by atoms with Crippen LogP contribution in [0.1, 0.15) is 25.1 Å². The van der Waals surface area contributed by atoms with Crippen molar-refractivity contribution in [3.05, 3.63) is 35.5 Å². The van der Waals surface area contributed by atoms with Gasteiger partial charge in [-0.15, -0.1) is 0 Å². The number of benzene rings is 1. The highest BCUT2D eigenvalue weighted by Gasteiger charge is 2.10. The third-order valence-corrected chi connectivity index (χ3v) is 2.99. The highest BCUT2D eigenvalue weighted by atomic mass is 16.1. The molecule has 0 saturated carbocycles. The Morgan fingerprint density at radius 2 is 2.06 bits per heavy atom. The zero-order valence-electron chi connectivity index (χ0n) is 10.5. The van der Waals surface area contributed by atoms with Crippen molar-refractivity contribution in [3.63, 3.8) is 0 Å². The van der Waals surface area contributed by atoms with Crippen LogP contribution in [-0.4, -0.2) is 10.9 Å². The van der Waals surface area contributed by atoms with Gasteiger partial charge in [-0.3, -0.25) is 4.79 Å². The number of carbonyl (C=O) groups excluding carboxylic acids is 1. The standard InChI is InChI=1S/C14H18N2O/c1-9(2)14(17)15-8-12-10(3)16-13-7-5-4-6-11(12)13/h4-7,9,16H,8H2,1-3H3,(H,15,17). The first kappa shape index (κ1) is 11.7. The van der Waals surface area contributed by atoms with E-state index in [1.165, 1.54) is 10.9 Å². The van der Waals surface area contributed by atoms with Gasteiger partial charge in [-0.05, 0) is 18.6 Å². The van der Waals surface area contributed by atoms with E-state index in [-0.39, 0.29) is 11.8 Å². The average molecular weight is 230 g/mol. The molecule has 0 aliphatic carbocycles. The van der Waals surface area contributed by atoms with Gasteiger partial charge in [0.25, 0.3) is 0 Å². The molecular weight excluding hydrogens is 212 g/mol. The Labute approximate surface area is 101 Å². The van der Waals surface area contributed by atoms with Gasteiger partial charge in [0.05, 0.1) is 0 Å². The van der Waals surface area contributed by atoms with E-state index in [0.717, 1.165) is 11.2 Å². The minimum Gasteiger partial charge on any atom is -0.358 e. The van der Waals surface area contributed by atoms with E-state index in [2.05, 4.69) is 22.4 Å². The van der Waals surface area contributed by atoms with Gasteiger partial charge in [-0.25, -0.2) is 0 Å². The fraction of sp³-hybridized carbons (Fsp3) is 0.357. The van der Waals surface area contributed by atoms with Crippen molar-refractivity contribution in [1.82, 2.24) is 10.3 Å². The molecule has 1 amide bonds. The quantitative estimate of drug-likeness (QED) is 0.836. The molecule has 1 aromatic heterocycles. The third kappa shape index (κ3) is 2.33. The van der Waals surface area contributed by atoms with Crippen molar-refractivity contribution in [2.75, 3.05) is 0 Å². The molecule has 1 aromatic carbocycles. The van der Waals surface area contributed by atoms with Crippen LogP contribution in [0.2, 0.25) is 0 Å². The fourth-order valence-electron chi connectivity index (χ4n) is 1.94. The number of nitrogens with one attached hydrogen (secondary N) is 2. The van der Waals surface area contributed by atoms with Crippen LogP contribution in [0.3, 0.4) is 0 Å². The summed E-state index contributed by atoms with van der Waals surface area (Å²) in [6.45, 7) is 6.43. The fourth-order valence-corrected chi connectivity index (χ4v) is 1.94. The van der Waals surface area contributed by atoms with Gasteiger partial charge >= 0.3 is 0 Å². The van der Waals surface area contributed by atoms with Crippen LogP contribution in [0, 0.1) is 12.8 Å². The van der Waals surface area contributed by atoms with Gasteiger partial charge in [0, 0.05) is 29.1 Å². The van der Waals surface area contributed by atoms with Crippen LogP contribution in [0.4, 0.5) is 0 Å². The van der Waals surface area contributed by atoms with Crippen LogP contribution in [0.5, 0.6) is 0 Å². The SMILES string of the molecule is Cc1[nH]c2ccccc2c1CNC(=O)C(C)C. The smallest absolute Gasteiger partial charge is 0.222 e. The Kier molecular flexibility index (Phi) is 3.18. The van der Waals surface area contributed by atoms with Crippen LogP contribution in [0.25, 0.3) is 10.9 Å². The molecule has 0 atom stereocenters. The summed E-state index contributed by atoms with van der Waals surface area (Å²) in [5.74, 6) is 0.121. The minimum atomic E-state index is 0.0283. The van der Waals surface area contributed by atoms with Crippen LogP contribution >= 0.6 is 0 Å². The minimum absolute atomic E-state index is 0.0283. The number of aromatic nitrogens is 1. The van der Waals surface area contributed by atoms with Gasteiger partial charge in [0.2, 0.25) is 5.91 Å². The van der Waals surface area contributed by atoms with E-state index in [1.54, 1.807) is 0 Å². The molecule has 3 heteroatoms. The molecule has 90 valence electrons. The summed E-state index contributed by atoms with van der Waals surface area (Å²) in [7, 11) is 0. The molecule has 17 heavy (non-hydrogen) atoms. The Hall–Kier alpha value is -1.77. The molecule has 3 nitrogen and oxygen atoms in total. The number of H-pyrrole nitrogens is 1. The number of carbonyl (C=O) groups is 1. The number of rotatable bonds is 3. The lowest BCUT2D eigenvalue weighted by Gasteiger charge is -2.07. The van der Waals surface area contributed by atoms with Gasteiger partial charge in [-0.2, -0.15) is 0 Å². The summed E-state index contributed by atoms with van der Waals surface area (Å²) in [6, 6.07) is 8.16. The van der Waals surface area contributed by atoms with Crippen LogP contribution in [-0.2, 0) is 11.3 Å². The maximum absolute atomic E-state index is 11.6. The molecule has 0 radical (unpaired) electrons. The van der Waals surface area contributed by atoms with E-state index in [0.29, 0.717) is 6.54 Å². The Bertz CT molecular complexity index is 540. The topological polar surface area (TPSA) is 44.9 Å². The van der Waals surface area contributed by atoms with E-state index < -0.39 is 0 Å². The maximum atomic E-state index is 11.6. The van der Waals surface area contributed by atoms with Crippen molar-refractivity contribution in [1.29, 1.82) is 0 Å². The summed E-state index contributed by atoms with van der Waals surface area (Å²) in [5.41, 5.74) is 3.42. The van der Waals surface area contributed by atoms with Gasteiger partial charge in [0.1, 0.15) is 0 Å². The Balaban J connectivity index is 2.24. The third-order valence-electron chi connectivity index (χ3n) is 2.99. The van der Waals surface area contributed by atoms with Gasteiger partial charge in [-0.1, -0.05) is 32.0 Å². The molecule has 0 aliphatic heterocycles. The second-order valence-corrected chi connectivity index (χ2v) is 4.65. The summed E-state index contributed by atoms with van der Waals surface area (Å²) < 4.78 is 0. The largest absolute Gasteiger partial charge is 0.358 e. The maximum Gasteiger partial charge on any atom is 0.222 e. The highest BCUT2D eigenvalue weighted by molar-refractivity contribution is 5.85. The first-order valence-corrected chi connectivity index (χ1v) is 5.93. The van der Waals surface area contributed by atoms with Crippen molar-refractivity contribution < 1.29 is 4.79 Å². The second kappa shape index (κ2) is 4.62. The Morgan fingerprint density at radius 3 is 2.76 bits per heavy atom. The van der Waals surface area contributed by atoms with E-state index in [1.807, 2.05) is 32.9 Å². The predicted molar refractivity (Wildman–Crippen MR) is 69.7 cm³/mol. The van der Waals surface area contributed by atoms with Crippen LogP contribution in [0.15, 0.2) is 24.3 Å². The monoisotopic (exact) mass is 230 g/mol. The molecule has 0 spiro atoms. The Morgan fingerprint density at radius 1 is 1.35 bits per heavy atom. The first-order valence-electron chi connectivity index (χ1n) is 5.93. The predicted octanol–water partition coefficient (Wildman–Crippen LogP) is 2.75. The molecule has 0 fully saturated rings. The zero-order valence-corrected chi connectivity index (χ0v) is 10.5. The number of para-hydroxylation sites is 1. The molecule has 2 rings (SSSR count). The van der Waals surface area contributed by atoms with E-state index >= 15 is 0 Å². The molecule has 0 aliphatic rings. The molecule has 0 saturated heterocycles. The average Bonchev–Trinajstić information content (AvgIpc) is 2.61. The van der Waals surface area contributed by atoms with Crippen molar-refractivity contribution in [2.24, 2.45) is 5.92 Å². The van der Waals surface area contributed by atoms with Crippen molar-refractivity contribution in [2.45, 2.75) is 27.3 Å². The van der Waals surface area contributed by atoms with Gasteiger partial charge < -0.3 is 10.3 Å². The van der Waals surface area contributed by atoms with Crippen molar-refractivity contribution in [3.8, 4) is 0 Å². The number of amides is 1. The lowest BCUT2D eigenvalue weighted by molar-refractivity contribution is -0.124. The summed E-state index contributed by atoms with van der Waals surface area (Å²) >= 11 is 0. The summed E-state index contributed by atoms with van der Waals surface area (Å²) in [4.78, 5) is 14.9. The number of aryl methyl sites for hydroxylation is 1. The number of aromatic amines is 1. The molecule has 0 bridgehead atoms. The normalized spacial score (nSPS) is 11.1. The second-order valence-electron chi connectivity index (χ2n) is 4.65. The van der Waals surface area contributed by atoms with Crippen LogP contribution < -0.4 is 5.32 Å². The van der Waals surface area contributed by atoms with E-state index in [4.69, 9.17) is 0 Å². The summed E-state index contributed by atoms with van der Waals surface area (Å²) in [5, 5.41) is 4.15. The van der Waals surface area contributed by atoms with Crippen molar-refractivity contribution >= 4 is 16.8 Å². The molecular formula is C14H18N2O.